The lowest BCUT2D eigenvalue weighted by Gasteiger charge is -2.36. The van der Waals surface area contributed by atoms with Gasteiger partial charge in [0, 0.05) is 32.4 Å². The molecule has 0 unspecified atom stereocenters. The number of anilines is 1. The zero-order valence-electron chi connectivity index (χ0n) is 11.8. The largest absolute Gasteiger partial charge is 0.353 e. The van der Waals surface area contributed by atoms with E-state index in [1.54, 1.807) is 29.6 Å². The van der Waals surface area contributed by atoms with Crippen LogP contribution in [0.3, 0.4) is 0 Å². The summed E-state index contributed by atoms with van der Waals surface area (Å²) in [5.74, 6) is 0.731. The molecule has 1 atom stereocenters. The van der Waals surface area contributed by atoms with E-state index in [4.69, 9.17) is 11.6 Å². The molecular weight excluding hydrogens is 298 g/mol. The highest BCUT2D eigenvalue weighted by molar-refractivity contribution is 7.89. The average molecular weight is 318 g/mol. The van der Waals surface area contributed by atoms with E-state index in [1.165, 1.54) is 0 Å². The summed E-state index contributed by atoms with van der Waals surface area (Å²) in [7, 11) is -3.17. The standard InChI is InChI=1S/C13H20ClN3O2S/c1-3-11(2)20(18,19)17-9-7-16(8-10-17)13-12(14)5-4-6-15-13/h4-6,11H,3,7-10H2,1-2H3/t11-/m1/s1. The van der Waals surface area contributed by atoms with Crippen molar-refractivity contribution in [1.82, 2.24) is 9.29 Å². The third kappa shape index (κ3) is 3.07. The molecule has 0 amide bonds. The molecule has 0 bridgehead atoms. The van der Waals surface area contributed by atoms with Crippen molar-refractivity contribution < 1.29 is 8.42 Å². The van der Waals surface area contributed by atoms with E-state index in [0.29, 0.717) is 37.6 Å². The number of hydrogen-bond acceptors (Lipinski definition) is 4. The van der Waals surface area contributed by atoms with E-state index in [9.17, 15) is 8.42 Å². The van der Waals surface area contributed by atoms with Gasteiger partial charge in [-0.1, -0.05) is 18.5 Å². The summed E-state index contributed by atoms with van der Waals surface area (Å²) in [5, 5.41) is 0.276. The number of piperazine rings is 1. The second-order valence-electron chi connectivity index (χ2n) is 4.96. The molecule has 1 aliphatic rings. The molecule has 1 saturated heterocycles. The first kappa shape index (κ1) is 15.5. The minimum absolute atomic E-state index is 0.326. The Morgan fingerprint density at radius 1 is 1.35 bits per heavy atom. The van der Waals surface area contributed by atoms with Crippen LogP contribution in [0.25, 0.3) is 0 Å². The van der Waals surface area contributed by atoms with Gasteiger partial charge in [0.25, 0.3) is 0 Å². The van der Waals surface area contributed by atoms with Gasteiger partial charge in [-0.15, -0.1) is 0 Å². The van der Waals surface area contributed by atoms with Crippen LogP contribution in [0.1, 0.15) is 20.3 Å². The lowest BCUT2D eigenvalue weighted by atomic mass is 10.3. The van der Waals surface area contributed by atoms with Crippen molar-refractivity contribution in [2.24, 2.45) is 0 Å². The third-order valence-corrected chi connectivity index (χ3v) is 6.45. The summed E-state index contributed by atoms with van der Waals surface area (Å²) < 4.78 is 26.2. The van der Waals surface area contributed by atoms with Crippen LogP contribution >= 0.6 is 11.6 Å². The van der Waals surface area contributed by atoms with Gasteiger partial charge in [0.2, 0.25) is 10.0 Å². The molecule has 112 valence electrons. The Kier molecular flexibility index (Phi) is 4.88. The lowest BCUT2D eigenvalue weighted by Crippen LogP contribution is -2.51. The Bertz CT molecular complexity index is 556. The van der Waals surface area contributed by atoms with Crippen LogP contribution in [-0.2, 0) is 10.0 Å². The van der Waals surface area contributed by atoms with Gasteiger partial charge in [0.15, 0.2) is 0 Å². The second kappa shape index (κ2) is 6.28. The molecule has 0 aromatic carbocycles. The first-order valence-corrected chi connectivity index (χ1v) is 8.69. The Hall–Kier alpha value is -0.850. The van der Waals surface area contributed by atoms with Crippen LogP contribution < -0.4 is 4.90 Å². The number of hydrogen-bond donors (Lipinski definition) is 0. The van der Waals surface area contributed by atoms with Crippen LogP contribution in [0.4, 0.5) is 5.82 Å². The fourth-order valence-electron chi connectivity index (χ4n) is 2.23. The molecule has 7 heteroatoms. The minimum atomic E-state index is -3.17. The van der Waals surface area contributed by atoms with Gasteiger partial charge in [-0.2, -0.15) is 4.31 Å². The van der Waals surface area contributed by atoms with Gasteiger partial charge in [-0.3, -0.25) is 0 Å². The third-order valence-electron chi connectivity index (χ3n) is 3.72. The van der Waals surface area contributed by atoms with Crippen molar-refractivity contribution >= 4 is 27.4 Å². The summed E-state index contributed by atoms with van der Waals surface area (Å²) in [6, 6.07) is 3.58. The molecule has 0 spiro atoms. The molecule has 5 nitrogen and oxygen atoms in total. The SMILES string of the molecule is CC[C@@H](C)S(=O)(=O)N1CCN(c2ncccc2Cl)CC1. The van der Waals surface area contributed by atoms with E-state index in [0.717, 1.165) is 5.82 Å². The quantitative estimate of drug-likeness (QED) is 0.852. The fraction of sp³-hybridized carbons (Fsp3) is 0.615. The van der Waals surface area contributed by atoms with Crippen LogP contribution in [0.2, 0.25) is 5.02 Å². The Labute approximate surface area is 125 Å². The van der Waals surface area contributed by atoms with Gasteiger partial charge >= 0.3 is 0 Å². The van der Waals surface area contributed by atoms with Crippen molar-refractivity contribution in [3.05, 3.63) is 23.4 Å². The fourth-order valence-corrected chi connectivity index (χ4v) is 4.07. The van der Waals surface area contributed by atoms with E-state index >= 15 is 0 Å². The number of rotatable bonds is 4. The summed E-state index contributed by atoms with van der Waals surface area (Å²) in [6.45, 7) is 5.86. The highest BCUT2D eigenvalue weighted by atomic mass is 35.5. The second-order valence-corrected chi connectivity index (χ2v) is 7.72. The van der Waals surface area contributed by atoms with Gasteiger partial charge < -0.3 is 4.90 Å². The molecule has 0 N–H and O–H groups in total. The molecule has 2 rings (SSSR count). The van der Waals surface area contributed by atoms with Gasteiger partial charge in [0.1, 0.15) is 5.82 Å². The number of nitrogens with zero attached hydrogens (tertiary/aromatic N) is 3. The molecule has 1 fully saturated rings. The van der Waals surface area contributed by atoms with Gasteiger partial charge in [-0.05, 0) is 25.5 Å². The highest BCUT2D eigenvalue weighted by Crippen LogP contribution is 2.24. The van der Waals surface area contributed by atoms with Gasteiger partial charge in [-0.25, -0.2) is 13.4 Å². The Balaban J connectivity index is 2.05. The zero-order valence-corrected chi connectivity index (χ0v) is 13.4. The summed E-state index contributed by atoms with van der Waals surface area (Å²) in [6.07, 6.45) is 2.33. The molecule has 20 heavy (non-hydrogen) atoms. The lowest BCUT2D eigenvalue weighted by molar-refractivity contribution is 0.378. The van der Waals surface area contributed by atoms with Crippen molar-refractivity contribution in [2.45, 2.75) is 25.5 Å². The summed E-state index contributed by atoms with van der Waals surface area (Å²) in [4.78, 5) is 6.30. The van der Waals surface area contributed by atoms with Crippen LogP contribution in [0.5, 0.6) is 0 Å². The van der Waals surface area contributed by atoms with E-state index in [2.05, 4.69) is 4.98 Å². The molecular formula is C13H20ClN3O2S. The Morgan fingerprint density at radius 2 is 2.00 bits per heavy atom. The first-order valence-electron chi connectivity index (χ1n) is 6.81. The topological polar surface area (TPSA) is 53.5 Å². The zero-order chi connectivity index (χ0) is 14.8. The Morgan fingerprint density at radius 3 is 2.55 bits per heavy atom. The summed E-state index contributed by atoms with van der Waals surface area (Å²) in [5.41, 5.74) is 0. The minimum Gasteiger partial charge on any atom is -0.353 e. The number of aromatic nitrogens is 1. The van der Waals surface area contributed by atoms with Crippen molar-refractivity contribution in [3.63, 3.8) is 0 Å². The molecule has 0 aliphatic carbocycles. The number of halogens is 1. The maximum absolute atomic E-state index is 12.3. The van der Waals surface area contributed by atoms with Crippen molar-refractivity contribution in [1.29, 1.82) is 0 Å². The monoisotopic (exact) mass is 317 g/mol. The highest BCUT2D eigenvalue weighted by Gasteiger charge is 2.31. The van der Waals surface area contributed by atoms with Crippen LogP contribution in [0.15, 0.2) is 18.3 Å². The predicted molar refractivity (Wildman–Crippen MR) is 81.7 cm³/mol. The van der Waals surface area contributed by atoms with Crippen molar-refractivity contribution in [2.75, 3.05) is 31.1 Å². The average Bonchev–Trinajstić information content (AvgIpc) is 2.47. The molecule has 1 aromatic heterocycles. The van der Waals surface area contributed by atoms with Gasteiger partial charge in [0.05, 0.1) is 10.3 Å². The number of sulfonamides is 1. The number of pyridine rings is 1. The first-order chi connectivity index (χ1) is 9.46. The van der Waals surface area contributed by atoms with Crippen LogP contribution in [0, 0.1) is 0 Å². The molecule has 1 aliphatic heterocycles. The molecule has 2 heterocycles. The predicted octanol–water partition coefficient (Wildman–Crippen LogP) is 1.99. The molecule has 1 aromatic rings. The van der Waals surface area contributed by atoms with Crippen LogP contribution in [-0.4, -0.2) is 49.1 Å². The van der Waals surface area contributed by atoms with E-state index < -0.39 is 10.0 Å². The maximum Gasteiger partial charge on any atom is 0.216 e. The maximum atomic E-state index is 12.3. The molecule has 0 saturated carbocycles. The van der Waals surface area contributed by atoms with Crippen molar-refractivity contribution in [3.8, 4) is 0 Å². The van der Waals surface area contributed by atoms with E-state index in [-0.39, 0.29) is 5.25 Å². The molecule has 0 radical (unpaired) electrons. The smallest absolute Gasteiger partial charge is 0.216 e. The summed E-state index contributed by atoms with van der Waals surface area (Å²) >= 11 is 6.12. The van der Waals surface area contributed by atoms with E-state index in [1.807, 2.05) is 11.8 Å². The normalized spacial score (nSPS) is 19.1.